The molecule has 1 aromatic carbocycles. The number of methoxy groups -OCH3 is 1. The Morgan fingerprint density at radius 3 is 2.41 bits per heavy atom. The molecule has 27 heavy (non-hydrogen) atoms. The smallest absolute Gasteiger partial charge is 0.229 e. The van der Waals surface area contributed by atoms with Crippen LogP contribution in [0.3, 0.4) is 0 Å². The monoisotopic (exact) mass is 488 g/mol. The second kappa shape index (κ2) is 12.5. The number of carbonyl (C=O) groups excluding carboxylic acids is 2. The second-order valence-corrected chi connectivity index (χ2v) is 6.08. The van der Waals surface area contributed by atoms with Gasteiger partial charge in [0.15, 0.2) is 5.96 Å². The fourth-order valence-corrected chi connectivity index (χ4v) is 2.77. The van der Waals surface area contributed by atoms with E-state index in [4.69, 9.17) is 4.74 Å². The summed E-state index contributed by atoms with van der Waals surface area (Å²) in [6, 6.07) is 7.94. The van der Waals surface area contributed by atoms with E-state index in [0.29, 0.717) is 44.9 Å². The number of amides is 2. The lowest BCUT2D eigenvalue weighted by Gasteiger charge is -2.25. The third kappa shape index (κ3) is 7.74. The standard InChI is InChI=1S/C19H28N4O3.HI/c1-3-20-19(21-12-11-15-7-9-16(26-2)10-8-15)22-13-14-23-17(24)5-4-6-18(23)25;/h7-10H,3-6,11-14H2,1-2H3,(H2,20,21,22);1H. The number of aliphatic imine (C=N–C) groups is 1. The van der Waals surface area contributed by atoms with Crippen LogP contribution in [0.2, 0.25) is 0 Å². The van der Waals surface area contributed by atoms with Crippen LogP contribution < -0.4 is 15.4 Å². The first kappa shape index (κ1) is 23.2. The summed E-state index contributed by atoms with van der Waals surface area (Å²) in [4.78, 5) is 29.5. The maximum Gasteiger partial charge on any atom is 0.229 e. The van der Waals surface area contributed by atoms with E-state index in [-0.39, 0.29) is 35.8 Å². The zero-order valence-corrected chi connectivity index (χ0v) is 18.3. The van der Waals surface area contributed by atoms with Gasteiger partial charge in [-0.2, -0.15) is 0 Å². The molecule has 7 nitrogen and oxygen atoms in total. The van der Waals surface area contributed by atoms with Crippen molar-refractivity contribution in [2.24, 2.45) is 4.99 Å². The number of hydrogen-bond donors (Lipinski definition) is 2. The highest BCUT2D eigenvalue weighted by atomic mass is 127. The Morgan fingerprint density at radius 1 is 1.15 bits per heavy atom. The molecule has 1 fully saturated rings. The van der Waals surface area contributed by atoms with Crippen molar-refractivity contribution in [1.82, 2.24) is 15.5 Å². The fraction of sp³-hybridized carbons (Fsp3) is 0.526. The molecule has 1 aliphatic rings. The highest BCUT2D eigenvalue weighted by molar-refractivity contribution is 14.0. The van der Waals surface area contributed by atoms with Crippen LogP contribution in [0.4, 0.5) is 0 Å². The van der Waals surface area contributed by atoms with Gasteiger partial charge in [0.05, 0.1) is 7.11 Å². The van der Waals surface area contributed by atoms with Gasteiger partial charge >= 0.3 is 0 Å². The highest BCUT2D eigenvalue weighted by Crippen LogP contribution is 2.12. The first-order chi connectivity index (χ1) is 12.6. The quantitative estimate of drug-likeness (QED) is 0.253. The summed E-state index contributed by atoms with van der Waals surface area (Å²) in [6.07, 6.45) is 2.41. The molecule has 8 heteroatoms. The Balaban J connectivity index is 0.00000364. The van der Waals surface area contributed by atoms with Crippen molar-refractivity contribution >= 4 is 41.8 Å². The first-order valence-corrected chi connectivity index (χ1v) is 9.12. The number of nitrogens with one attached hydrogen (secondary N) is 2. The van der Waals surface area contributed by atoms with Crippen molar-refractivity contribution in [3.63, 3.8) is 0 Å². The van der Waals surface area contributed by atoms with Crippen molar-refractivity contribution in [2.45, 2.75) is 32.6 Å². The van der Waals surface area contributed by atoms with Crippen LogP contribution >= 0.6 is 24.0 Å². The van der Waals surface area contributed by atoms with Gasteiger partial charge in [-0.05, 0) is 37.5 Å². The maximum absolute atomic E-state index is 11.8. The van der Waals surface area contributed by atoms with E-state index in [0.717, 1.165) is 18.7 Å². The Bertz CT molecular complexity index is 618. The molecule has 1 aromatic rings. The molecule has 0 unspecified atom stereocenters. The van der Waals surface area contributed by atoms with Crippen LogP contribution in [-0.2, 0) is 16.0 Å². The predicted octanol–water partition coefficient (Wildman–Crippen LogP) is 1.95. The fourth-order valence-electron chi connectivity index (χ4n) is 2.77. The molecule has 2 amide bonds. The predicted molar refractivity (Wildman–Crippen MR) is 117 cm³/mol. The third-order valence-corrected chi connectivity index (χ3v) is 4.18. The Hall–Kier alpha value is -1.84. The van der Waals surface area contributed by atoms with Gasteiger partial charge in [0.2, 0.25) is 11.8 Å². The van der Waals surface area contributed by atoms with E-state index < -0.39 is 0 Å². The van der Waals surface area contributed by atoms with Gasteiger partial charge in [-0.3, -0.25) is 19.5 Å². The van der Waals surface area contributed by atoms with Gasteiger partial charge < -0.3 is 15.4 Å². The number of carbonyl (C=O) groups is 2. The number of halogens is 1. The van der Waals surface area contributed by atoms with E-state index in [9.17, 15) is 9.59 Å². The summed E-state index contributed by atoms with van der Waals surface area (Å²) in [5.41, 5.74) is 1.19. The zero-order valence-electron chi connectivity index (χ0n) is 16.0. The second-order valence-electron chi connectivity index (χ2n) is 6.08. The van der Waals surface area contributed by atoms with Crippen LogP contribution in [0.5, 0.6) is 5.75 Å². The van der Waals surface area contributed by atoms with E-state index in [1.165, 1.54) is 10.5 Å². The number of hydrogen-bond acceptors (Lipinski definition) is 4. The molecule has 0 aliphatic carbocycles. The summed E-state index contributed by atoms with van der Waals surface area (Å²) < 4.78 is 5.15. The minimum absolute atomic E-state index is 0. The van der Waals surface area contributed by atoms with Crippen LogP contribution in [-0.4, -0.2) is 56.0 Å². The highest BCUT2D eigenvalue weighted by Gasteiger charge is 2.25. The number of rotatable bonds is 8. The SMILES string of the molecule is CCNC(=NCCc1ccc(OC)cc1)NCCN1C(=O)CCCC1=O.I. The molecule has 0 aromatic heterocycles. The Labute approximate surface area is 178 Å². The summed E-state index contributed by atoms with van der Waals surface area (Å²) >= 11 is 0. The largest absolute Gasteiger partial charge is 0.497 e. The molecule has 0 bridgehead atoms. The maximum atomic E-state index is 11.8. The molecule has 0 radical (unpaired) electrons. The van der Waals surface area contributed by atoms with E-state index in [1.54, 1.807) is 7.11 Å². The van der Waals surface area contributed by atoms with Gasteiger partial charge in [0.1, 0.15) is 5.75 Å². The van der Waals surface area contributed by atoms with Gasteiger partial charge in [-0.25, -0.2) is 0 Å². The molecule has 0 saturated carbocycles. The molecular weight excluding hydrogens is 459 g/mol. The van der Waals surface area contributed by atoms with Crippen molar-refractivity contribution in [2.75, 3.05) is 33.3 Å². The van der Waals surface area contributed by atoms with Crippen LogP contribution in [0.25, 0.3) is 0 Å². The molecular formula is C19H29IN4O3. The molecule has 2 rings (SSSR count). The van der Waals surface area contributed by atoms with E-state index in [2.05, 4.69) is 15.6 Å². The Morgan fingerprint density at radius 2 is 1.81 bits per heavy atom. The average molecular weight is 488 g/mol. The third-order valence-electron chi connectivity index (χ3n) is 4.18. The van der Waals surface area contributed by atoms with E-state index >= 15 is 0 Å². The number of likely N-dealkylation sites (tertiary alicyclic amines) is 1. The molecule has 1 saturated heterocycles. The molecule has 0 atom stereocenters. The number of ether oxygens (including phenoxy) is 1. The molecule has 150 valence electrons. The summed E-state index contributed by atoms with van der Waals surface area (Å²) in [6.45, 7) is 4.25. The number of guanidine groups is 1. The van der Waals surface area contributed by atoms with Crippen molar-refractivity contribution in [3.8, 4) is 5.75 Å². The summed E-state index contributed by atoms with van der Waals surface area (Å²) in [7, 11) is 1.65. The minimum atomic E-state index is -0.0792. The minimum Gasteiger partial charge on any atom is -0.497 e. The summed E-state index contributed by atoms with van der Waals surface area (Å²) in [5, 5.41) is 6.36. The average Bonchev–Trinajstić information content (AvgIpc) is 2.64. The molecule has 2 N–H and O–H groups in total. The van der Waals surface area contributed by atoms with Crippen molar-refractivity contribution in [1.29, 1.82) is 0 Å². The molecule has 0 spiro atoms. The lowest BCUT2D eigenvalue weighted by Crippen LogP contribution is -2.46. The van der Waals surface area contributed by atoms with Crippen molar-refractivity contribution in [3.05, 3.63) is 29.8 Å². The lowest BCUT2D eigenvalue weighted by molar-refractivity contribution is -0.147. The van der Waals surface area contributed by atoms with Crippen LogP contribution in [0.15, 0.2) is 29.3 Å². The van der Waals surface area contributed by atoms with Crippen LogP contribution in [0.1, 0.15) is 31.7 Å². The van der Waals surface area contributed by atoms with Crippen molar-refractivity contribution < 1.29 is 14.3 Å². The van der Waals surface area contributed by atoms with Crippen LogP contribution in [0, 0.1) is 0 Å². The van der Waals surface area contributed by atoms with Gasteiger partial charge in [-0.15, -0.1) is 24.0 Å². The zero-order chi connectivity index (χ0) is 18.8. The first-order valence-electron chi connectivity index (χ1n) is 9.12. The number of imide groups is 1. The Kier molecular flexibility index (Phi) is 10.8. The topological polar surface area (TPSA) is 83.0 Å². The molecule has 1 heterocycles. The number of benzene rings is 1. The van der Waals surface area contributed by atoms with E-state index in [1.807, 2.05) is 31.2 Å². The normalized spacial score (nSPS) is 14.6. The van der Waals surface area contributed by atoms with Gasteiger partial charge in [-0.1, -0.05) is 12.1 Å². The molecule has 1 aliphatic heterocycles. The lowest BCUT2D eigenvalue weighted by atomic mass is 10.1. The van der Waals surface area contributed by atoms with Gasteiger partial charge in [0.25, 0.3) is 0 Å². The summed E-state index contributed by atoms with van der Waals surface area (Å²) in [5.74, 6) is 1.38. The number of piperidine rings is 1. The van der Waals surface area contributed by atoms with Gasteiger partial charge in [0, 0.05) is 39.0 Å². The number of nitrogens with zero attached hydrogens (tertiary/aromatic N) is 2.